The van der Waals surface area contributed by atoms with Crippen LogP contribution in [0.25, 0.3) is 16.6 Å². The summed E-state index contributed by atoms with van der Waals surface area (Å²) in [6.45, 7) is 7.03. The first-order valence-corrected chi connectivity index (χ1v) is 11.1. The third-order valence-electron chi connectivity index (χ3n) is 7.54. The highest BCUT2D eigenvalue weighted by Crippen LogP contribution is 2.66. The monoisotopic (exact) mass is 411 g/mol. The van der Waals surface area contributed by atoms with E-state index in [9.17, 15) is 5.26 Å². The molecular formula is C23H27B2N5O. The van der Waals surface area contributed by atoms with Crippen LogP contribution in [0.2, 0.25) is 10.6 Å². The molecule has 0 N–H and O–H groups in total. The Bertz CT molecular complexity index is 1170. The van der Waals surface area contributed by atoms with E-state index in [1.54, 1.807) is 10.7 Å². The molecule has 3 aromatic heterocycles. The van der Waals surface area contributed by atoms with Crippen molar-refractivity contribution in [3.8, 4) is 22.9 Å². The molecule has 0 amide bonds. The number of nitriles is 1. The molecule has 1 aliphatic heterocycles. The maximum atomic E-state index is 9.54. The molecule has 2 fully saturated rings. The summed E-state index contributed by atoms with van der Waals surface area (Å²) in [5.74, 6) is 2.56. The first-order valence-electron chi connectivity index (χ1n) is 11.1. The van der Waals surface area contributed by atoms with E-state index < -0.39 is 0 Å². The zero-order chi connectivity index (χ0) is 21.8. The molecule has 1 aliphatic carbocycles. The van der Waals surface area contributed by atoms with Gasteiger partial charge in [0, 0.05) is 30.4 Å². The summed E-state index contributed by atoms with van der Waals surface area (Å²) in [6.07, 6.45) is 7.91. The highest BCUT2D eigenvalue weighted by Gasteiger charge is 2.56. The van der Waals surface area contributed by atoms with Crippen molar-refractivity contribution in [3.05, 3.63) is 42.4 Å². The average Bonchev–Trinajstić information content (AvgIpc) is 3.32. The van der Waals surface area contributed by atoms with Crippen molar-refractivity contribution in [2.24, 2.45) is 5.92 Å². The molecule has 6 nitrogen and oxygen atoms in total. The summed E-state index contributed by atoms with van der Waals surface area (Å²) < 4.78 is 7.44. The van der Waals surface area contributed by atoms with Crippen LogP contribution in [0.4, 0.5) is 5.82 Å². The van der Waals surface area contributed by atoms with Crippen LogP contribution in [0.1, 0.15) is 32.3 Å². The van der Waals surface area contributed by atoms with Crippen molar-refractivity contribution in [1.82, 2.24) is 14.6 Å². The summed E-state index contributed by atoms with van der Waals surface area (Å²) in [6, 6.07) is 8.43. The third kappa shape index (κ3) is 3.10. The van der Waals surface area contributed by atoms with E-state index in [1.165, 1.54) is 12.8 Å². The number of nitrogens with zero attached hydrogens (tertiary/aromatic N) is 5. The van der Waals surface area contributed by atoms with Crippen LogP contribution in [0, 0.1) is 17.2 Å². The van der Waals surface area contributed by atoms with Gasteiger partial charge in [0.25, 0.3) is 0 Å². The van der Waals surface area contributed by atoms with E-state index in [2.05, 4.69) is 50.8 Å². The van der Waals surface area contributed by atoms with Gasteiger partial charge >= 0.3 is 0 Å². The van der Waals surface area contributed by atoms with Gasteiger partial charge in [0.1, 0.15) is 33.3 Å². The van der Waals surface area contributed by atoms with Gasteiger partial charge in [0.2, 0.25) is 0 Å². The third-order valence-corrected chi connectivity index (χ3v) is 7.54. The van der Waals surface area contributed by atoms with E-state index in [4.69, 9.17) is 9.72 Å². The number of hydrogen-bond acceptors (Lipinski definition) is 5. The fraction of sp³-hybridized carbons (Fsp3) is 0.435. The molecule has 1 saturated carbocycles. The number of anilines is 1. The SMILES string of the molecule is B[C@@]12CC(C)C[C@]1(B)CN(c1ccc(-c3cc(OCC)cn4ncc(C#N)c34)cn1)C2. The highest BCUT2D eigenvalue weighted by atomic mass is 16.5. The van der Waals surface area contributed by atoms with Crippen LogP contribution in [0.5, 0.6) is 5.75 Å². The second kappa shape index (κ2) is 7.05. The molecule has 0 aromatic carbocycles. The van der Waals surface area contributed by atoms with Gasteiger partial charge in [-0.3, -0.25) is 0 Å². The lowest BCUT2D eigenvalue weighted by Crippen LogP contribution is -2.24. The summed E-state index contributed by atoms with van der Waals surface area (Å²) in [5.41, 5.74) is 3.19. The average molecular weight is 411 g/mol. The molecule has 3 atom stereocenters. The minimum atomic E-state index is 0.351. The molecule has 3 aromatic rings. The number of fused-ring (bicyclic) bond motifs is 2. The van der Waals surface area contributed by atoms with Gasteiger partial charge in [0.05, 0.1) is 30.1 Å². The van der Waals surface area contributed by atoms with Crippen LogP contribution < -0.4 is 9.64 Å². The lowest BCUT2D eigenvalue weighted by molar-refractivity contribution is 0.338. The number of rotatable bonds is 4. The van der Waals surface area contributed by atoms with Gasteiger partial charge in [0.15, 0.2) is 0 Å². The van der Waals surface area contributed by atoms with E-state index >= 15 is 0 Å². The van der Waals surface area contributed by atoms with Crippen molar-refractivity contribution >= 4 is 27.0 Å². The molecule has 8 heteroatoms. The van der Waals surface area contributed by atoms with Gasteiger partial charge in [-0.15, -0.1) is 0 Å². The fourth-order valence-corrected chi connectivity index (χ4v) is 6.05. The van der Waals surface area contributed by atoms with Crippen molar-refractivity contribution in [2.75, 3.05) is 24.6 Å². The van der Waals surface area contributed by atoms with Crippen molar-refractivity contribution in [2.45, 2.75) is 37.3 Å². The van der Waals surface area contributed by atoms with E-state index in [-0.39, 0.29) is 0 Å². The quantitative estimate of drug-likeness (QED) is 0.618. The zero-order valence-corrected chi connectivity index (χ0v) is 18.7. The predicted octanol–water partition coefficient (Wildman–Crippen LogP) is 2.50. The van der Waals surface area contributed by atoms with E-state index in [1.807, 2.05) is 25.4 Å². The first kappa shape index (κ1) is 20.0. The number of hydrogen-bond donors (Lipinski definition) is 0. The largest absolute Gasteiger partial charge is 0.492 e. The Morgan fingerprint density at radius 3 is 2.58 bits per heavy atom. The maximum Gasteiger partial charge on any atom is 0.138 e. The predicted molar refractivity (Wildman–Crippen MR) is 127 cm³/mol. The number of aromatic nitrogens is 3. The Morgan fingerprint density at radius 1 is 1.23 bits per heavy atom. The fourth-order valence-electron chi connectivity index (χ4n) is 6.05. The van der Waals surface area contributed by atoms with Gasteiger partial charge in [-0.25, -0.2) is 9.50 Å². The minimum Gasteiger partial charge on any atom is -0.492 e. The van der Waals surface area contributed by atoms with Crippen LogP contribution in [-0.2, 0) is 0 Å². The zero-order valence-electron chi connectivity index (χ0n) is 18.7. The highest BCUT2D eigenvalue weighted by molar-refractivity contribution is 6.28. The Labute approximate surface area is 185 Å². The van der Waals surface area contributed by atoms with Gasteiger partial charge in [-0.05, 0) is 41.7 Å². The van der Waals surface area contributed by atoms with Crippen LogP contribution in [0.3, 0.4) is 0 Å². The molecule has 2 aliphatic rings. The molecule has 4 heterocycles. The molecular weight excluding hydrogens is 384 g/mol. The molecule has 1 saturated heterocycles. The molecule has 156 valence electrons. The van der Waals surface area contributed by atoms with Crippen LogP contribution in [0.15, 0.2) is 36.8 Å². The second-order valence-electron chi connectivity index (χ2n) is 9.88. The summed E-state index contributed by atoms with van der Waals surface area (Å²) in [5, 5.41) is 14.6. The molecule has 0 radical (unpaired) electrons. The summed E-state index contributed by atoms with van der Waals surface area (Å²) in [4.78, 5) is 7.29. The maximum absolute atomic E-state index is 9.54. The van der Waals surface area contributed by atoms with Crippen molar-refractivity contribution in [1.29, 1.82) is 5.26 Å². The van der Waals surface area contributed by atoms with Crippen molar-refractivity contribution < 1.29 is 4.74 Å². The van der Waals surface area contributed by atoms with Crippen molar-refractivity contribution in [3.63, 3.8) is 0 Å². The Balaban J connectivity index is 1.49. The van der Waals surface area contributed by atoms with Crippen LogP contribution >= 0.6 is 0 Å². The number of pyridine rings is 2. The van der Waals surface area contributed by atoms with Crippen LogP contribution in [-0.4, -0.2) is 50.0 Å². The van der Waals surface area contributed by atoms with Gasteiger partial charge < -0.3 is 9.64 Å². The molecule has 0 bridgehead atoms. The van der Waals surface area contributed by atoms with Gasteiger partial charge in [-0.1, -0.05) is 19.8 Å². The minimum absolute atomic E-state index is 0.351. The Morgan fingerprint density at radius 2 is 1.97 bits per heavy atom. The normalized spacial score (nSPS) is 27.4. The smallest absolute Gasteiger partial charge is 0.138 e. The molecule has 31 heavy (non-hydrogen) atoms. The topological polar surface area (TPSA) is 66.5 Å². The second-order valence-corrected chi connectivity index (χ2v) is 9.88. The first-order chi connectivity index (χ1) is 14.9. The Hall–Kier alpha value is -2.94. The van der Waals surface area contributed by atoms with E-state index in [0.29, 0.717) is 22.8 Å². The standard InChI is InChI=1S/C23H27B2N5O/c1-3-31-18-6-19(21-17(9-26)11-28-30(21)12-18)16-4-5-20(27-10-16)29-13-22(24)7-15(2)8-23(22,25)14-29/h4-6,10-12,15H,3,7-8,13-14,24-25H2,1-2H3/t15?,22-,23+. The summed E-state index contributed by atoms with van der Waals surface area (Å²) >= 11 is 0. The molecule has 0 spiro atoms. The summed E-state index contributed by atoms with van der Waals surface area (Å²) in [7, 11) is 4.90. The lowest BCUT2D eigenvalue weighted by Gasteiger charge is -2.32. The molecule has 5 rings (SSSR count). The molecule has 1 unspecified atom stereocenters. The van der Waals surface area contributed by atoms with E-state index in [0.717, 1.165) is 47.2 Å². The lowest BCUT2D eigenvalue weighted by atomic mass is 9.48. The number of ether oxygens (including phenoxy) is 1. The Kier molecular flexibility index (Phi) is 4.55. The van der Waals surface area contributed by atoms with Gasteiger partial charge in [-0.2, -0.15) is 10.4 Å².